The van der Waals surface area contributed by atoms with E-state index in [1.54, 1.807) is 12.1 Å². The van der Waals surface area contributed by atoms with Crippen LogP contribution in [0.3, 0.4) is 0 Å². The lowest BCUT2D eigenvalue weighted by molar-refractivity contribution is 0.628. The molecular formula is C19H19FN6. The van der Waals surface area contributed by atoms with Gasteiger partial charge in [0.1, 0.15) is 5.82 Å². The predicted molar refractivity (Wildman–Crippen MR) is 101 cm³/mol. The Hall–Kier alpha value is -3.22. The number of benzene rings is 2. The molecule has 132 valence electrons. The molecule has 0 saturated carbocycles. The largest absolute Gasteiger partial charge is 0.372 e. The van der Waals surface area contributed by atoms with Crippen molar-refractivity contribution >= 4 is 28.8 Å². The maximum atomic E-state index is 13.3. The van der Waals surface area contributed by atoms with Crippen LogP contribution in [-0.2, 0) is 0 Å². The average molecular weight is 350 g/mol. The predicted octanol–water partition coefficient (Wildman–Crippen LogP) is 4.10. The molecule has 4 rings (SSSR count). The molecule has 3 aromatic rings. The highest BCUT2D eigenvalue weighted by Gasteiger charge is 2.12. The van der Waals surface area contributed by atoms with Gasteiger partial charge in [-0.2, -0.15) is 10.1 Å². The summed E-state index contributed by atoms with van der Waals surface area (Å²) in [6.45, 7) is 2.24. The minimum Gasteiger partial charge on any atom is -0.372 e. The molecule has 26 heavy (non-hydrogen) atoms. The molecule has 0 aliphatic carbocycles. The Morgan fingerprint density at radius 3 is 2.50 bits per heavy atom. The summed E-state index contributed by atoms with van der Waals surface area (Å²) in [5.41, 5.74) is 2.72. The third-order valence-corrected chi connectivity index (χ3v) is 4.25. The topological polar surface area (TPSA) is 66.0 Å². The van der Waals surface area contributed by atoms with Gasteiger partial charge < -0.3 is 15.5 Å². The van der Waals surface area contributed by atoms with Crippen molar-refractivity contribution in [3.8, 4) is 0 Å². The Morgan fingerprint density at radius 1 is 0.923 bits per heavy atom. The van der Waals surface area contributed by atoms with Crippen LogP contribution < -0.4 is 15.5 Å². The van der Waals surface area contributed by atoms with E-state index in [2.05, 4.69) is 42.8 Å². The Kier molecular flexibility index (Phi) is 4.59. The molecule has 2 heterocycles. The summed E-state index contributed by atoms with van der Waals surface area (Å²) in [5.74, 6) is 0.551. The molecule has 6 nitrogen and oxygen atoms in total. The van der Waals surface area contributed by atoms with Gasteiger partial charge in [-0.15, -0.1) is 5.10 Å². The zero-order valence-corrected chi connectivity index (χ0v) is 14.2. The molecule has 1 aliphatic rings. The second kappa shape index (κ2) is 7.35. The summed E-state index contributed by atoms with van der Waals surface area (Å²) >= 11 is 0. The maximum Gasteiger partial charge on any atom is 0.249 e. The van der Waals surface area contributed by atoms with Crippen LogP contribution in [0.1, 0.15) is 12.8 Å². The van der Waals surface area contributed by atoms with Crippen LogP contribution in [0.4, 0.5) is 33.2 Å². The van der Waals surface area contributed by atoms with E-state index in [9.17, 15) is 4.39 Å². The fraction of sp³-hybridized carbons (Fsp3) is 0.211. The molecule has 7 heteroatoms. The molecule has 0 amide bonds. The zero-order chi connectivity index (χ0) is 17.8. The second-order valence-corrected chi connectivity index (χ2v) is 6.17. The molecule has 0 radical (unpaired) electrons. The van der Waals surface area contributed by atoms with Gasteiger partial charge in [-0.25, -0.2) is 4.39 Å². The van der Waals surface area contributed by atoms with Crippen molar-refractivity contribution in [3.63, 3.8) is 0 Å². The quantitative estimate of drug-likeness (QED) is 0.722. The van der Waals surface area contributed by atoms with Gasteiger partial charge in [-0.05, 0) is 55.3 Å². The minimum absolute atomic E-state index is 0.312. The van der Waals surface area contributed by atoms with Gasteiger partial charge in [0, 0.05) is 30.2 Å². The van der Waals surface area contributed by atoms with E-state index in [4.69, 9.17) is 0 Å². The van der Waals surface area contributed by atoms with E-state index in [1.165, 1.54) is 36.9 Å². The second-order valence-electron chi connectivity index (χ2n) is 6.17. The van der Waals surface area contributed by atoms with E-state index < -0.39 is 0 Å². The van der Waals surface area contributed by atoms with Crippen molar-refractivity contribution in [2.45, 2.75) is 12.8 Å². The van der Waals surface area contributed by atoms with Gasteiger partial charge in [0.25, 0.3) is 0 Å². The molecule has 2 N–H and O–H groups in total. The van der Waals surface area contributed by atoms with Crippen molar-refractivity contribution in [3.05, 3.63) is 60.5 Å². The highest BCUT2D eigenvalue weighted by atomic mass is 19.1. The highest BCUT2D eigenvalue weighted by Crippen LogP contribution is 2.23. The molecule has 1 aliphatic heterocycles. The fourth-order valence-corrected chi connectivity index (χ4v) is 2.99. The third kappa shape index (κ3) is 3.88. The summed E-state index contributed by atoms with van der Waals surface area (Å²) in [6.07, 6.45) is 4.00. The van der Waals surface area contributed by atoms with Crippen LogP contribution >= 0.6 is 0 Å². The Balaban J connectivity index is 1.45. The highest BCUT2D eigenvalue weighted by molar-refractivity contribution is 5.61. The summed E-state index contributed by atoms with van der Waals surface area (Å²) in [5, 5.41) is 14.1. The van der Waals surface area contributed by atoms with Crippen LogP contribution in [0.25, 0.3) is 0 Å². The summed E-state index contributed by atoms with van der Waals surface area (Å²) < 4.78 is 13.3. The van der Waals surface area contributed by atoms with Crippen LogP contribution in [0.15, 0.2) is 54.7 Å². The molecular weight excluding hydrogens is 331 g/mol. The smallest absolute Gasteiger partial charge is 0.249 e. The van der Waals surface area contributed by atoms with Crippen molar-refractivity contribution in [2.24, 2.45) is 0 Å². The zero-order valence-electron chi connectivity index (χ0n) is 14.2. The van der Waals surface area contributed by atoms with Gasteiger partial charge in [-0.3, -0.25) is 0 Å². The number of nitrogens with zero attached hydrogens (tertiary/aromatic N) is 4. The Labute approximate surface area is 151 Å². The fourth-order valence-electron chi connectivity index (χ4n) is 2.99. The number of hydrogen-bond donors (Lipinski definition) is 2. The number of nitrogens with one attached hydrogen (secondary N) is 2. The van der Waals surface area contributed by atoms with Crippen LogP contribution in [0.2, 0.25) is 0 Å². The molecule has 0 spiro atoms. The number of anilines is 5. The Morgan fingerprint density at radius 2 is 1.73 bits per heavy atom. The summed E-state index contributed by atoms with van der Waals surface area (Å²) in [7, 11) is 0. The first-order chi connectivity index (χ1) is 12.8. The lowest BCUT2D eigenvalue weighted by Crippen LogP contribution is -2.17. The Bertz CT molecular complexity index is 877. The SMILES string of the molecule is Fc1cccc(Nc2cnnc(Nc3ccc(N4CCCC4)cc3)n2)c1. The number of rotatable bonds is 5. The normalized spacial score (nSPS) is 13.7. The molecule has 0 atom stereocenters. The van der Waals surface area contributed by atoms with Gasteiger partial charge in [-0.1, -0.05) is 6.07 Å². The standard InChI is InChI=1S/C19H19FN6/c20-14-4-3-5-16(12-14)22-18-13-21-25-19(24-18)23-15-6-8-17(9-7-15)26-10-1-2-11-26/h3-9,12-13H,1-2,10-11H2,(H2,22,23,24,25). The number of hydrogen-bond acceptors (Lipinski definition) is 6. The lowest BCUT2D eigenvalue weighted by atomic mass is 10.2. The van der Waals surface area contributed by atoms with Crippen LogP contribution in [-0.4, -0.2) is 28.3 Å². The van der Waals surface area contributed by atoms with Gasteiger partial charge in [0.05, 0.1) is 6.20 Å². The average Bonchev–Trinajstić information content (AvgIpc) is 3.17. The monoisotopic (exact) mass is 350 g/mol. The van der Waals surface area contributed by atoms with E-state index in [0.29, 0.717) is 17.5 Å². The number of halogens is 1. The third-order valence-electron chi connectivity index (χ3n) is 4.25. The van der Waals surface area contributed by atoms with Gasteiger partial charge in [0.15, 0.2) is 5.82 Å². The van der Waals surface area contributed by atoms with Crippen molar-refractivity contribution < 1.29 is 4.39 Å². The van der Waals surface area contributed by atoms with Crippen LogP contribution in [0, 0.1) is 5.82 Å². The van der Waals surface area contributed by atoms with Crippen molar-refractivity contribution in [1.82, 2.24) is 15.2 Å². The van der Waals surface area contributed by atoms with E-state index in [0.717, 1.165) is 18.8 Å². The maximum absolute atomic E-state index is 13.3. The molecule has 1 saturated heterocycles. The van der Waals surface area contributed by atoms with Crippen LogP contribution in [0.5, 0.6) is 0 Å². The van der Waals surface area contributed by atoms with Crippen molar-refractivity contribution in [1.29, 1.82) is 0 Å². The minimum atomic E-state index is -0.312. The lowest BCUT2D eigenvalue weighted by Gasteiger charge is -2.17. The summed E-state index contributed by atoms with van der Waals surface area (Å²) in [4.78, 5) is 6.74. The number of aromatic nitrogens is 3. The molecule has 1 aromatic heterocycles. The van der Waals surface area contributed by atoms with Crippen molar-refractivity contribution in [2.75, 3.05) is 28.6 Å². The molecule has 2 aromatic carbocycles. The molecule has 0 bridgehead atoms. The van der Waals surface area contributed by atoms with E-state index in [1.807, 2.05) is 12.1 Å². The van der Waals surface area contributed by atoms with Gasteiger partial charge >= 0.3 is 0 Å². The first-order valence-electron chi connectivity index (χ1n) is 8.61. The molecule has 0 unspecified atom stereocenters. The van der Waals surface area contributed by atoms with E-state index >= 15 is 0 Å². The van der Waals surface area contributed by atoms with Gasteiger partial charge in [0.2, 0.25) is 5.95 Å². The van der Waals surface area contributed by atoms with E-state index in [-0.39, 0.29) is 5.82 Å². The first-order valence-corrected chi connectivity index (χ1v) is 8.61. The molecule has 1 fully saturated rings. The first kappa shape index (κ1) is 16.3. The summed E-state index contributed by atoms with van der Waals surface area (Å²) in [6, 6.07) is 14.4.